The summed E-state index contributed by atoms with van der Waals surface area (Å²) in [7, 11) is 0. The summed E-state index contributed by atoms with van der Waals surface area (Å²) < 4.78 is 0. The van der Waals surface area contributed by atoms with Crippen LogP contribution in [0.1, 0.15) is 31.2 Å². The van der Waals surface area contributed by atoms with E-state index in [9.17, 15) is 9.90 Å². The number of hydrogen-bond donors (Lipinski definition) is 1. The Morgan fingerprint density at radius 3 is 2.29 bits per heavy atom. The molecule has 0 saturated heterocycles. The van der Waals surface area contributed by atoms with Crippen LogP contribution < -0.4 is 0 Å². The number of carboxylic acid groups (broad SMARTS) is 1. The van der Waals surface area contributed by atoms with Gasteiger partial charge in [-0.3, -0.25) is 4.79 Å². The number of carboxylic acids is 1. The van der Waals surface area contributed by atoms with Gasteiger partial charge in [-0.2, -0.15) is 0 Å². The standard InChI is InChI=1S/C13H12Cl2O2/c14-9-2-1-8(5-10(9)15)13(11(16)17)6-12(7-13)3-4-12/h1-2,5H,3-4,6-7H2,(H,16,17). The number of hydrogen-bond acceptors (Lipinski definition) is 1. The highest BCUT2D eigenvalue weighted by Crippen LogP contribution is 2.69. The Balaban J connectivity index is 1.99. The van der Waals surface area contributed by atoms with Crippen molar-refractivity contribution < 1.29 is 9.90 Å². The van der Waals surface area contributed by atoms with E-state index in [1.807, 2.05) is 0 Å². The Labute approximate surface area is 110 Å². The summed E-state index contributed by atoms with van der Waals surface area (Å²) in [6.07, 6.45) is 3.83. The van der Waals surface area contributed by atoms with Gasteiger partial charge in [-0.1, -0.05) is 29.3 Å². The molecule has 0 heterocycles. The zero-order chi connectivity index (χ0) is 12.3. The Morgan fingerprint density at radius 1 is 1.18 bits per heavy atom. The summed E-state index contributed by atoms with van der Waals surface area (Å²) in [6.45, 7) is 0. The normalized spacial score (nSPS) is 23.2. The van der Waals surface area contributed by atoms with Gasteiger partial charge in [0.05, 0.1) is 15.5 Å². The zero-order valence-electron chi connectivity index (χ0n) is 9.17. The molecule has 1 aromatic rings. The molecule has 1 spiro atoms. The molecule has 3 rings (SSSR count). The van der Waals surface area contributed by atoms with Gasteiger partial charge in [-0.15, -0.1) is 0 Å². The third-order valence-electron chi connectivity index (χ3n) is 4.19. The van der Waals surface area contributed by atoms with E-state index >= 15 is 0 Å². The fraction of sp³-hybridized carbons (Fsp3) is 0.462. The third-order valence-corrected chi connectivity index (χ3v) is 4.93. The summed E-state index contributed by atoms with van der Waals surface area (Å²) >= 11 is 11.8. The molecular weight excluding hydrogens is 259 g/mol. The summed E-state index contributed by atoms with van der Waals surface area (Å²) in [5.74, 6) is -0.742. The second-order valence-corrected chi connectivity index (χ2v) is 6.18. The molecule has 4 heteroatoms. The first-order valence-electron chi connectivity index (χ1n) is 5.67. The van der Waals surface area contributed by atoms with Crippen LogP contribution in [0.3, 0.4) is 0 Å². The summed E-state index contributed by atoms with van der Waals surface area (Å²) in [4.78, 5) is 11.5. The zero-order valence-corrected chi connectivity index (χ0v) is 10.7. The minimum absolute atomic E-state index is 0.324. The van der Waals surface area contributed by atoms with Crippen LogP contribution in [-0.2, 0) is 10.2 Å². The molecule has 0 aromatic heterocycles. The Kier molecular flexibility index (Phi) is 2.27. The lowest BCUT2D eigenvalue weighted by Gasteiger charge is -2.45. The van der Waals surface area contributed by atoms with E-state index < -0.39 is 11.4 Å². The molecule has 0 unspecified atom stereocenters. The van der Waals surface area contributed by atoms with Crippen molar-refractivity contribution in [1.82, 2.24) is 0 Å². The minimum Gasteiger partial charge on any atom is -0.481 e. The van der Waals surface area contributed by atoms with Crippen molar-refractivity contribution in [3.05, 3.63) is 33.8 Å². The molecule has 0 amide bonds. The van der Waals surface area contributed by atoms with Crippen molar-refractivity contribution in [1.29, 1.82) is 0 Å². The molecule has 0 atom stereocenters. The number of carbonyl (C=O) groups is 1. The van der Waals surface area contributed by atoms with Gasteiger partial charge in [0.15, 0.2) is 0 Å². The highest BCUT2D eigenvalue weighted by molar-refractivity contribution is 6.42. The molecule has 0 radical (unpaired) electrons. The predicted molar refractivity (Wildman–Crippen MR) is 66.7 cm³/mol. The number of aliphatic carboxylic acids is 1. The van der Waals surface area contributed by atoms with Gasteiger partial charge >= 0.3 is 5.97 Å². The van der Waals surface area contributed by atoms with E-state index in [1.165, 1.54) is 12.8 Å². The SMILES string of the molecule is O=C(O)C1(c2ccc(Cl)c(Cl)c2)CC2(CC2)C1. The topological polar surface area (TPSA) is 37.3 Å². The molecule has 0 bridgehead atoms. The number of benzene rings is 1. The summed E-state index contributed by atoms with van der Waals surface area (Å²) in [6, 6.07) is 5.17. The second kappa shape index (κ2) is 3.39. The average molecular weight is 271 g/mol. The lowest BCUT2D eigenvalue weighted by Crippen LogP contribution is -2.49. The van der Waals surface area contributed by atoms with Crippen molar-refractivity contribution in [3.8, 4) is 0 Å². The molecule has 2 saturated carbocycles. The molecule has 2 aliphatic rings. The van der Waals surface area contributed by atoms with Gasteiger partial charge in [-0.05, 0) is 48.8 Å². The first-order valence-corrected chi connectivity index (χ1v) is 6.42. The fourth-order valence-corrected chi connectivity index (χ4v) is 3.33. The van der Waals surface area contributed by atoms with Crippen LogP contribution in [-0.4, -0.2) is 11.1 Å². The summed E-state index contributed by atoms with van der Waals surface area (Å²) in [5.41, 5.74) is 0.381. The van der Waals surface area contributed by atoms with Gasteiger partial charge in [0.1, 0.15) is 0 Å². The van der Waals surface area contributed by atoms with Gasteiger partial charge in [0, 0.05) is 0 Å². The molecule has 17 heavy (non-hydrogen) atoms. The molecular formula is C13H12Cl2O2. The van der Waals surface area contributed by atoms with Gasteiger partial charge in [-0.25, -0.2) is 0 Å². The van der Waals surface area contributed by atoms with Crippen LogP contribution in [0, 0.1) is 5.41 Å². The first-order chi connectivity index (χ1) is 7.97. The maximum Gasteiger partial charge on any atom is 0.314 e. The van der Waals surface area contributed by atoms with Crippen molar-refractivity contribution >= 4 is 29.2 Å². The lowest BCUT2D eigenvalue weighted by atomic mass is 9.56. The molecule has 0 aliphatic heterocycles. The maximum absolute atomic E-state index is 11.5. The molecule has 2 nitrogen and oxygen atoms in total. The van der Waals surface area contributed by atoms with E-state index in [2.05, 4.69) is 0 Å². The van der Waals surface area contributed by atoms with Gasteiger partial charge in [0.25, 0.3) is 0 Å². The second-order valence-electron chi connectivity index (χ2n) is 5.37. The molecule has 2 fully saturated rings. The van der Waals surface area contributed by atoms with E-state index in [4.69, 9.17) is 23.2 Å². The Bertz CT molecular complexity index is 498. The molecule has 90 valence electrons. The monoisotopic (exact) mass is 270 g/mol. The third kappa shape index (κ3) is 1.58. The van der Waals surface area contributed by atoms with Crippen LogP contribution >= 0.6 is 23.2 Å². The highest BCUT2D eigenvalue weighted by Gasteiger charge is 2.65. The van der Waals surface area contributed by atoms with E-state index in [0.717, 1.165) is 18.4 Å². The maximum atomic E-state index is 11.5. The summed E-state index contributed by atoms with van der Waals surface area (Å²) in [5, 5.41) is 10.4. The first kappa shape index (κ1) is 11.4. The quantitative estimate of drug-likeness (QED) is 0.886. The van der Waals surface area contributed by atoms with Crippen molar-refractivity contribution in [2.75, 3.05) is 0 Å². The Morgan fingerprint density at radius 2 is 1.82 bits per heavy atom. The average Bonchev–Trinajstić information content (AvgIpc) is 2.99. The van der Waals surface area contributed by atoms with Crippen molar-refractivity contribution in [3.63, 3.8) is 0 Å². The lowest BCUT2D eigenvalue weighted by molar-refractivity contribution is -0.150. The highest BCUT2D eigenvalue weighted by atomic mass is 35.5. The Hall–Kier alpha value is -0.730. The van der Waals surface area contributed by atoms with E-state index in [0.29, 0.717) is 15.5 Å². The van der Waals surface area contributed by atoms with Crippen LogP contribution in [0.2, 0.25) is 10.0 Å². The van der Waals surface area contributed by atoms with Crippen molar-refractivity contribution in [2.24, 2.45) is 5.41 Å². The number of halogens is 2. The molecule has 1 aromatic carbocycles. The smallest absolute Gasteiger partial charge is 0.314 e. The fourth-order valence-electron chi connectivity index (χ4n) is 3.03. The van der Waals surface area contributed by atoms with E-state index in [1.54, 1.807) is 18.2 Å². The molecule has 2 aliphatic carbocycles. The van der Waals surface area contributed by atoms with Gasteiger partial charge in [0.2, 0.25) is 0 Å². The van der Waals surface area contributed by atoms with Crippen molar-refractivity contribution in [2.45, 2.75) is 31.1 Å². The van der Waals surface area contributed by atoms with Gasteiger partial charge < -0.3 is 5.11 Å². The van der Waals surface area contributed by atoms with Crippen LogP contribution in [0.5, 0.6) is 0 Å². The predicted octanol–water partition coefficient (Wildman–Crippen LogP) is 3.89. The number of rotatable bonds is 2. The van der Waals surface area contributed by atoms with E-state index in [-0.39, 0.29) is 0 Å². The van der Waals surface area contributed by atoms with Crippen LogP contribution in [0.15, 0.2) is 18.2 Å². The van der Waals surface area contributed by atoms with Crippen LogP contribution in [0.25, 0.3) is 0 Å². The van der Waals surface area contributed by atoms with Crippen LogP contribution in [0.4, 0.5) is 0 Å². The minimum atomic E-state index is -0.742. The molecule has 1 N–H and O–H groups in total. The largest absolute Gasteiger partial charge is 0.481 e.